The van der Waals surface area contributed by atoms with Crippen molar-refractivity contribution < 1.29 is 24.2 Å². The summed E-state index contributed by atoms with van der Waals surface area (Å²) in [5.41, 5.74) is 3.06. The van der Waals surface area contributed by atoms with Crippen molar-refractivity contribution in [2.24, 2.45) is 0 Å². The largest absolute Gasteiger partial charge is 0.457 e. The molecule has 0 saturated heterocycles. The summed E-state index contributed by atoms with van der Waals surface area (Å²) in [5.74, 6) is 1.54. The molecule has 1 aliphatic rings. The third kappa shape index (κ3) is 4.73. The maximum atomic E-state index is 9.66. The van der Waals surface area contributed by atoms with Crippen molar-refractivity contribution in [1.29, 1.82) is 0 Å². The molecule has 0 heterocycles. The summed E-state index contributed by atoms with van der Waals surface area (Å²) in [6.45, 7) is 0. The highest BCUT2D eigenvalue weighted by Gasteiger charge is 2.15. The van der Waals surface area contributed by atoms with Crippen molar-refractivity contribution in [2.45, 2.75) is 32.0 Å². The summed E-state index contributed by atoms with van der Waals surface area (Å²) in [4.78, 5) is 17.5. The second-order valence-corrected chi connectivity index (χ2v) is 6.20. The van der Waals surface area contributed by atoms with Gasteiger partial charge < -0.3 is 19.6 Å². The molecule has 0 spiro atoms. The molecule has 1 aliphatic carbocycles. The van der Waals surface area contributed by atoms with E-state index in [4.69, 9.17) is 14.5 Å². The monoisotopic (exact) mass is 368 g/mol. The van der Waals surface area contributed by atoms with E-state index in [-0.39, 0.29) is 9.90 Å². The minimum atomic E-state index is -2.60. The zero-order chi connectivity index (χ0) is 16.2. The molecule has 0 amide bonds. The number of aliphatic hydroxyl groups excluding tert-OH is 1. The summed E-state index contributed by atoms with van der Waals surface area (Å²) in [6, 6.07) is 12.8. The van der Waals surface area contributed by atoms with Crippen LogP contribution in [0, 0.1) is 0 Å². The molecule has 2 aromatic carbocycles. The van der Waals surface area contributed by atoms with Crippen molar-refractivity contribution in [3.63, 3.8) is 0 Å². The molecule has 130 valence electrons. The van der Waals surface area contributed by atoms with Gasteiger partial charge in [-0.15, -0.1) is 0 Å². The number of hydrogen-bond donors (Lipinski definition) is 3. The van der Waals surface area contributed by atoms with E-state index in [0.29, 0.717) is 11.3 Å². The van der Waals surface area contributed by atoms with E-state index in [1.54, 1.807) is 24.3 Å². The molecule has 2 atom stereocenters. The minimum absolute atomic E-state index is 0. The van der Waals surface area contributed by atoms with Crippen LogP contribution in [0.15, 0.2) is 42.5 Å². The number of fused-ring (bicyclic) bond motifs is 1. The maximum absolute atomic E-state index is 9.66. The molecule has 5 nitrogen and oxygen atoms in total. The quantitative estimate of drug-likeness (QED) is 0.555. The standard InChI is InChI=1S/C17H19O5P.H3P/c18-17(22-23(19)20)13-8-10-14(11-9-13)21-16-7-3-5-12-4-1-2-6-15(12)16;/h3,5,7-11,17-20H,1-2,4,6H2;1H3. The predicted molar refractivity (Wildman–Crippen MR) is 98.1 cm³/mol. The minimum Gasteiger partial charge on any atom is -0.457 e. The van der Waals surface area contributed by atoms with Crippen LogP contribution in [-0.4, -0.2) is 14.9 Å². The Morgan fingerprint density at radius 3 is 2.38 bits per heavy atom. The second-order valence-electron chi connectivity index (χ2n) is 5.48. The predicted octanol–water partition coefficient (Wildman–Crippen LogP) is 3.63. The summed E-state index contributed by atoms with van der Waals surface area (Å²) in [5, 5.41) is 9.66. The maximum Gasteiger partial charge on any atom is 0.329 e. The Kier molecular flexibility index (Phi) is 7.12. The van der Waals surface area contributed by atoms with E-state index in [9.17, 15) is 5.11 Å². The molecule has 3 N–H and O–H groups in total. The van der Waals surface area contributed by atoms with Gasteiger partial charge in [0.25, 0.3) is 0 Å². The number of hydrogen-bond acceptors (Lipinski definition) is 5. The molecule has 3 rings (SSSR count). The molecule has 0 saturated carbocycles. The Hall–Kier alpha value is -1.06. The molecule has 0 fully saturated rings. The first-order chi connectivity index (χ1) is 11.1. The highest BCUT2D eigenvalue weighted by atomic mass is 31.2. The average Bonchev–Trinajstić information content (AvgIpc) is 2.55. The van der Waals surface area contributed by atoms with Crippen LogP contribution in [-0.2, 0) is 17.4 Å². The van der Waals surface area contributed by atoms with Gasteiger partial charge in [-0.1, -0.05) is 24.3 Å². The first-order valence-electron chi connectivity index (χ1n) is 7.55. The number of aryl methyl sites for hydroxylation is 1. The van der Waals surface area contributed by atoms with Crippen molar-refractivity contribution in [3.05, 3.63) is 59.2 Å². The van der Waals surface area contributed by atoms with Crippen LogP contribution >= 0.6 is 18.5 Å². The van der Waals surface area contributed by atoms with E-state index in [1.807, 2.05) is 12.1 Å². The number of rotatable bonds is 5. The first kappa shape index (κ1) is 19.3. The lowest BCUT2D eigenvalue weighted by Crippen LogP contribution is -2.04. The van der Waals surface area contributed by atoms with E-state index in [0.717, 1.165) is 18.6 Å². The molecule has 0 radical (unpaired) electrons. The summed E-state index contributed by atoms with van der Waals surface area (Å²) in [6.07, 6.45) is 3.17. The second kappa shape index (κ2) is 8.87. The van der Waals surface area contributed by atoms with Crippen LogP contribution < -0.4 is 4.74 Å². The van der Waals surface area contributed by atoms with Crippen molar-refractivity contribution in [2.75, 3.05) is 0 Å². The fraction of sp³-hybridized carbons (Fsp3) is 0.294. The van der Waals surface area contributed by atoms with E-state index in [1.165, 1.54) is 24.0 Å². The van der Waals surface area contributed by atoms with Gasteiger partial charge in [0.05, 0.1) is 0 Å². The van der Waals surface area contributed by atoms with Gasteiger partial charge >= 0.3 is 8.60 Å². The number of benzene rings is 2. The van der Waals surface area contributed by atoms with Gasteiger partial charge in [0.15, 0.2) is 6.29 Å². The summed E-state index contributed by atoms with van der Waals surface area (Å²) in [7, 11) is -2.60. The lowest BCUT2D eigenvalue weighted by Gasteiger charge is -2.19. The zero-order valence-corrected chi connectivity index (χ0v) is 15.6. The van der Waals surface area contributed by atoms with Crippen LogP contribution in [0.1, 0.15) is 35.8 Å². The third-order valence-corrected chi connectivity index (χ3v) is 4.33. The molecular weight excluding hydrogens is 346 g/mol. The van der Waals surface area contributed by atoms with E-state index in [2.05, 4.69) is 10.6 Å². The fourth-order valence-corrected chi connectivity index (χ4v) is 3.12. The van der Waals surface area contributed by atoms with Crippen molar-refractivity contribution >= 4 is 18.5 Å². The molecule has 2 aromatic rings. The van der Waals surface area contributed by atoms with Crippen LogP contribution in [0.25, 0.3) is 0 Å². The van der Waals surface area contributed by atoms with Crippen LogP contribution in [0.3, 0.4) is 0 Å². The lowest BCUT2D eigenvalue weighted by atomic mass is 9.91. The van der Waals surface area contributed by atoms with Crippen LogP contribution in [0.5, 0.6) is 11.5 Å². The van der Waals surface area contributed by atoms with Gasteiger partial charge in [0.2, 0.25) is 0 Å². The third-order valence-electron chi connectivity index (χ3n) is 3.94. The highest BCUT2D eigenvalue weighted by Crippen LogP contribution is 2.35. The zero-order valence-electron chi connectivity index (χ0n) is 13.3. The van der Waals surface area contributed by atoms with Gasteiger partial charge in [0, 0.05) is 5.56 Å². The molecule has 24 heavy (non-hydrogen) atoms. The van der Waals surface area contributed by atoms with E-state index < -0.39 is 14.9 Å². The van der Waals surface area contributed by atoms with E-state index >= 15 is 0 Å². The Morgan fingerprint density at radius 1 is 0.958 bits per heavy atom. The Labute approximate surface area is 145 Å². The van der Waals surface area contributed by atoms with Crippen LogP contribution in [0.2, 0.25) is 0 Å². The number of ether oxygens (including phenoxy) is 1. The average molecular weight is 368 g/mol. The molecular formula is C17H22O5P2. The molecule has 0 aliphatic heterocycles. The Balaban J connectivity index is 0.00000208. The van der Waals surface area contributed by atoms with Crippen molar-refractivity contribution in [3.8, 4) is 11.5 Å². The van der Waals surface area contributed by atoms with Gasteiger partial charge in [-0.2, -0.15) is 9.90 Å². The summed E-state index contributed by atoms with van der Waals surface area (Å²) < 4.78 is 10.5. The lowest BCUT2D eigenvalue weighted by molar-refractivity contribution is -0.0271. The molecule has 0 aromatic heterocycles. The topological polar surface area (TPSA) is 79.2 Å². The smallest absolute Gasteiger partial charge is 0.329 e. The SMILES string of the molecule is OC(OP(O)O)c1ccc(Oc2cccc3c2CCCC3)cc1.P. The Bertz CT molecular complexity index is 661. The first-order valence-corrected chi connectivity index (χ1v) is 8.71. The molecule has 0 bridgehead atoms. The van der Waals surface area contributed by atoms with Gasteiger partial charge in [-0.3, -0.25) is 4.52 Å². The van der Waals surface area contributed by atoms with Gasteiger partial charge in [-0.25, -0.2) is 0 Å². The normalized spacial score (nSPS) is 14.7. The molecule has 2 unspecified atom stereocenters. The van der Waals surface area contributed by atoms with Gasteiger partial charge in [-0.05, 0) is 55.0 Å². The Morgan fingerprint density at radius 2 is 1.67 bits per heavy atom. The highest BCUT2D eigenvalue weighted by molar-refractivity contribution is 7.39. The fourth-order valence-electron chi connectivity index (χ4n) is 2.82. The van der Waals surface area contributed by atoms with Crippen molar-refractivity contribution in [1.82, 2.24) is 0 Å². The van der Waals surface area contributed by atoms with Crippen LogP contribution in [0.4, 0.5) is 0 Å². The molecule has 7 heteroatoms. The number of aliphatic hydroxyl groups is 1. The summed E-state index contributed by atoms with van der Waals surface area (Å²) >= 11 is 0. The van der Waals surface area contributed by atoms with Gasteiger partial charge in [0.1, 0.15) is 11.5 Å².